The third-order valence-electron chi connectivity index (χ3n) is 2.30. The number of aromatic nitrogens is 2. The van der Waals surface area contributed by atoms with Crippen LogP contribution in [0.4, 0.5) is 13.2 Å². The summed E-state index contributed by atoms with van der Waals surface area (Å²) in [6.07, 6.45) is -5.30. The maximum atomic E-state index is 12.1. The lowest BCUT2D eigenvalue weighted by atomic mass is 10.2. The lowest BCUT2D eigenvalue weighted by Crippen LogP contribution is -2.15. The molecule has 0 fully saturated rings. The fraction of sp³-hybridized carbons (Fsp3) is 0.556. The van der Waals surface area contributed by atoms with Crippen molar-refractivity contribution in [1.29, 1.82) is 0 Å². The summed E-state index contributed by atoms with van der Waals surface area (Å²) in [4.78, 5) is 7.76. The van der Waals surface area contributed by atoms with E-state index in [4.69, 9.17) is 0 Å². The Bertz CT molecular complexity index is 387. The summed E-state index contributed by atoms with van der Waals surface area (Å²) in [5.74, 6) is -0.137. The van der Waals surface area contributed by atoms with Crippen LogP contribution in [0.1, 0.15) is 22.8 Å². The lowest BCUT2D eigenvalue weighted by molar-refractivity contribution is -0.128. The fourth-order valence-electron chi connectivity index (χ4n) is 1.66. The normalized spacial score (nSPS) is 15.5. The van der Waals surface area contributed by atoms with Gasteiger partial charge in [-0.25, -0.2) is 9.97 Å². The first-order chi connectivity index (χ1) is 6.96. The van der Waals surface area contributed by atoms with Crippen LogP contribution in [-0.2, 0) is 19.5 Å². The van der Waals surface area contributed by atoms with Crippen molar-refractivity contribution in [2.24, 2.45) is 0 Å². The summed E-state index contributed by atoms with van der Waals surface area (Å²) in [5, 5.41) is 3.03. The molecule has 1 aromatic heterocycles. The third kappa shape index (κ3) is 2.26. The summed E-state index contributed by atoms with van der Waals surface area (Å²) in [5.41, 5.74) is 2.27. The molecule has 0 aromatic carbocycles. The molecule has 1 aliphatic rings. The molecule has 2 heterocycles. The van der Waals surface area contributed by atoms with Gasteiger partial charge in [0.1, 0.15) is 12.2 Å². The van der Waals surface area contributed by atoms with Gasteiger partial charge in [0.2, 0.25) is 0 Å². The monoisotopic (exact) mass is 217 g/mol. The standard InChI is InChI=1S/C9H10F3N3/c1-5-6-3-13-4-7(6)15-8(14-5)2-9(10,11)12/h13H,2-4H2,1H3. The van der Waals surface area contributed by atoms with Gasteiger partial charge in [-0.15, -0.1) is 0 Å². The minimum atomic E-state index is -4.24. The van der Waals surface area contributed by atoms with Crippen LogP contribution in [0.2, 0.25) is 0 Å². The second-order valence-electron chi connectivity index (χ2n) is 3.55. The molecule has 0 radical (unpaired) electrons. The van der Waals surface area contributed by atoms with Gasteiger partial charge in [-0.05, 0) is 6.92 Å². The van der Waals surface area contributed by atoms with E-state index >= 15 is 0 Å². The van der Waals surface area contributed by atoms with Crippen LogP contribution in [0.15, 0.2) is 0 Å². The second kappa shape index (κ2) is 3.44. The quantitative estimate of drug-likeness (QED) is 0.774. The highest BCUT2D eigenvalue weighted by molar-refractivity contribution is 5.28. The smallest absolute Gasteiger partial charge is 0.307 e. The van der Waals surface area contributed by atoms with Gasteiger partial charge in [-0.1, -0.05) is 0 Å². The number of nitrogens with one attached hydrogen (secondary N) is 1. The largest absolute Gasteiger partial charge is 0.396 e. The van der Waals surface area contributed by atoms with E-state index in [0.29, 0.717) is 24.5 Å². The fourth-order valence-corrected chi connectivity index (χ4v) is 1.66. The molecule has 0 spiro atoms. The van der Waals surface area contributed by atoms with Gasteiger partial charge in [0.15, 0.2) is 0 Å². The molecule has 1 aromatic rings. The van der Waals surface area contributed by atoms with E-state index in [0.717, 1.165) is 5.56 Å². The molecule has 0 atom stereocenters. The summed E-state index contributed by atoms with van der Waals surface area (Å²) >= 11 is 0. The Morgan fingerprint density at radius 1 is 1.27 bits per heavy atom. The van der Waals surface area contributed by atoms with E-state index in [9.17, 15) is 13.2 Å². The molecule has 1 aliphatic heterocycles. The molecule has 2 rings (SSSR count). The van der Waals surface area contributed by atoms with Crippen molar-refractivity contribution in [2.75, 3.05) is 0 Å². The van der Waals surface area contributed by atoms with Crippen LogP contribution >= 0.6 is 0 Å². The highest BCUT2D eigenvalue weighted by atomic mass is 19.4. The Kier molecular flexibility index (Phi) is 2.38. The number of hydrogen-bond donors (Lipinski definition) is 1. The number of fused-ring (bicyclic) bond motifs is 1. The highest BCUT2D eigenvalue weighted by Gasteiger charge is 2.30. The minimum Gasteiger partial charge on any atom is -0.307 e. The first-order valence-electron chi connectivity index (χ1n) is 4.58. The molecule has 0 saturated carbocycles. The van der Waals surface area contributed by atoms with Crippen LogP contribution < -0.4 is 5.32 Å². The average molecular weight is 217 g/mol. The molecule has 3 nitrogen and oxygen atoms in total. The minimum absolute atomic E-state index is 0.137. The van der Waals surface area contributed by atoms with Crippen molar-refractivity contribution in [3.05, 3.63) is 22.8 Å². The Morgan fingerprint density at radius 3 is 2.67 bits per heavy atom. The number of hydrogen-bond acceptors (Lipinski definition) is 3. The van der Waals surface area contributed by atoms with Gasteiger partial charge in [-0.2, -0.15) is 13.2 Å². The molecule has 0 saturated heterocycles. The van der Waals surface area contributed by atoms with Gasteiger partial charge < -0.3 is 5.32 Å². The van der Waals surface area contributed by atoms with Crippen molar-refractivity contribution in [2.45, 2.75) is 32.6 Å². The molecule has 82 valence electrons. The third-order valence-corrected chi connectivity index (χ3v) is 2.30. The molecule has 0 unspecified atom stereocenters. The number of halogens is 3. The molecule has 0 aliphatic carbocycles. The Hall–Kier alpha value is -1.17. The van der Waals surface area contributed by atoms with Crippen LogP contribution in [0, 0.1) is 6.92 Å². The van der Waals surface area contributed by atoms with E-state index in [2.05, 4.69) is 15.3 Å². The van der Waals surface area contributed by atoms with E-state index in [1.54, 1.807) is 6.92 Å². The van der Waals surface area contributed by atoms with Crippen molar-refractivity contribution in [3.8, 4) is 0 Å². The second-order valence-corrected chi connectivity index (χ2v) is 3.55. The molecule has 6 heteroatoms. The topological polar surface area (TPSA) is 37.8 Å². The zero-order valence-corrected chi connectivity index (χ0v) is 8.15. The van der Waals surface area contributed by atoms with Gasteiger partial charge >= 0.3 is 6.18 Å². The average Bonchev–Trinajstić information content (AvgIpc) is 2.48. The van der Waals surface area contributed by atoms with Crippen LogP contribution in [-0.4, -0.2) is 16.1 Å². The van der Waals surface area contributed by atoms with Gasteiger partial charge in [0.05, 0.1) is 5.69 Å². The first-order valence-corrected chi connectivity index (χ1v) is 4.58. The summed E-state index contributed by atoms with van der Waals surface area (Å²) in [7, 11) is 0. The van der Waals surface area contributed by atoms with Crippen LogP contribution in [0.25, 0.3) is 0 Å². The molecular weight excluding hydrogens is 207 g/mol. The van der Waals surface area contributed by atoms with Crippen molar-refractivity contribution in [1.82, 2.24) is 15.3 Å². The van der Waals surface area contributed by atoms with Gasteiger partial charge in [0, 0.05) is 24.3 Å². The predicted molar refractivity (Wildman–Crippen MR) is 47.1 cm³/mol. The first kappa shape index (κ1) is 10.4. The maximum Gasteiger partial charge on any atom is 0.396 e. The van der Waals surface area contributed by atoms with Crippen LogP contribution in [0.3, 0.4) is 0 Å². The van der Waals surface area contributed by atoms with E-state index in [1.807, 2.05) is 0 Å². The van der Waals surface area contributed by atoms with E-state index in [1.165, 1.54) is 0 Å². The zero-order chi connectivity index (χ0) is 11.1. The highest BCUT2D eigenvalue weighted by Crippen LogP contribution is 2.22. The number of aryl methyl sites for hydroxylation is 1. The van der Waals surface area contributed by atoms with E-state index in [-0.39, 0.29) is 5.82 Å². The maximum absolute atomic E-state index is 12.1. The Balaban J connectivity index is 2.32. The molecule has 15 heavy (non-hydrogen) atoms. The van der Waals surface area contributed by atoms with Crippen molar-refractivity contribution < 1.29 is 13.2 Å². The molecular formula is C9H10F3N3. The SMILES string of the molecule is Cc1nc(CC(F)(F)F)nc2c1CNC2. The Morgan fingerprint density at radius 2 is 2.00 bits per heavy atom. The van der Waals surface area contributed by atoms with Crippen LogP contribution in [0.5, 0.6) is 0 Å². The number of nitrogens with zero attached hydrogens (tertiary/aromatic N) is 2. The van der Waals surface area contributed by atoms with Gasteiger partial charge in [-0.3, -0.25) is 0 Å². The molecule has 0 amide bonds. The van der Waals surface area contributed by atoms with E-state index < -0.39 is 12.6 Å². The van der Waals surface area contributed by atoms with Crippen molar-refractivity contribution in [3.63, 3.8) is 0 Å². The number of alkyl halides is 3. The summed E-state index contributed by atoms with van der Waals surface area (Å²) in [6, 6.07) is 0. The lowest BCUT2D eigenvalue weighted by Gasteiger charge is -2.08. The molecule has 1 N–H and O–H groups in total. The molecule has 0 bridgehead atoms. The number of rotatable bonds is 1. The summed E-state index contributed by atoms with van der Waals surface area (Å²) in [6.45, 7) is 2.89. The predicted octanol–water partition coefficient (Wildman–Crippen LogP) is 1.49. The zero-order valence-electron chi connectivity index (χ0n) is 8.15. The summed E-state index contributed by atoms with van der Waals surface area (Å²) < 4.78 is 36.4. The Labute approximate surface area is 84.7 Å². The van der Waals surface area contributed by atoms with Crippen molar-refractivity contribution >= 4 is 0 Å². The van der Waals surface area contributed by atoms with Gasteiger partial charge in [0.25, 0.3) is 0 Å².